The van der Waals surface area contributed by atoms with Crippen LogP contribution in [0.15, 0.2) is 36.4 Å². The monoisotopic (exact) mass is 287 g/mol. The molecular weight excluding hydrogens is 268 g/mol. The van der Waals surface area contributed by atoms with E-state index in [1.807, 2.05) is 19.1 Å². The highest BCUT2D eigenvalue weighted by molar-refractivity contribution is 5.35. The summed E-state index contributed by atoms with van der Waals surface area (Å²) in [5.41, 5.74) is 4.49. The molecule has 110 valence electrons. The van der Waals surface area contributed by atoms with Gasteiger partial charge in [0.05, 0.1) is 0 Å². The second-order valence-electron chi connectivity index (χ2n) is 5.71. The van der Waals surface area contributed by atoms with Crippen LogP contribution < -0.4 is 5.32 Å². The number of aryl methyl sites for hydroxylation is 2. The van der Waals surface area contributed by atoms with Gasteiger partial charge in [0.25, 0.3) is 0 Å². The molecule has 0 aliphatic heterocycles. The van der Waals surface area contributed by atoms with Crippen LogP contribution in [0.4, 0.5) is 8.78 Å². The van der Waals surface area contributed by atoms with E-state index in [-0.39, 0.29) is 11.6 Å². The zero-order valence-electron chi connectivity index (χ0n) is 12.1. The van der Waals surface area contributed by atoms with Gasteiger partial charge in [0.15, 0.2) is 0 Å². The highest BCUT2D eigenvalue weighted by Gasteiger charge is 2.21. The number of halogens is 2. The Morgan fingerprint density at radius 2 is 1.86 bits per heavy atom. The molecule has 0 spiro atoms. The van der Waals surface area contributed by atoms with Crippen molar-refractivity contribution >= 4 is 0 Å². The molecular formula is C18H19F2N. The van der Waals surface area contributed by atoms with Crippen LogP contribution in [0.5, 0.6) is 0 Å². The molecule has 2 aromatic carbocycles. The Kier molecular flexibility index (Phi) is 4.02. The fourth-order valence-corrected chi connectivity index (χ4v) is 3.12. The molecule has 0 saturated carbocycles. The Labute approximate surface area is 124 Å². The van der Waals surface area contributed by atoms with Gasteiger partial charge in [-0.05, 0) is 79.3 Å². The van der Waals surface area contributed by atoms with Crippen molar-refractivity contribution in [3.05, 3.63) is 70.3 Å². The van der Waals surface area contributed by atoms with Gasteiger partial charge in [-0.2, -0.15) is 0 Å². The average molecular weight is 287 g/mol. The number of hydrogen-bond acceptors (Lipinski definition) is 1. The lowest BCUT2D eigenvalue weighted by Gasteiger charge is -2.14. The predicted octanol–water partition coefficient (Wildman–Crippen LogP) is 4.09. The molecule has 0 amide bonds. The summed E-state index contributed by atoms with van der Waals surface area (Å²) in [5.74, 6) is -0.340. The normalized spacial score (nSPS) is 17.0. The van der Waals surface area contributed by atoms with E-state index in [1.165, 1.54) is 23.3 Å². The van der Waals surface area contributed by atoms with Crippen molar-refractivity contribution < 1.29 is 8.78 Å². The number of fused-ring (bicyclic) bond motifs is 1. The van der Waals surface area contributed by atoms with Crippen LogP contribution in [0.25, 0.3) is 0 Å². The minimum atomic E-state index is -0.184. The maximum Gasteiger partial charge on any atom is 0.123 e. The van der Waals surface area contributed by atoms with Gasteiger partial charge in [-0.3, -0.25) is 0 Å². The van der Waals surface area contributed by atoms with E-state index < -0.39 is 0 Å². The van der Waals surface area contributed by atoms with Gasteiger partial charge in [0.2, 0.25) is 0 Å². The Bertz CT molecular complexity index is 652. The smallest absolute Gasteiger partial charge is 0.123 e. The summed E-state index contributed by atoms with van der Waals surface area (Å²) in [4.78, 5) is 0. The van der Waals surface area contributed by atoms with Gasteiger partial charge >= 0.3 is 0 Å². The predicted molar refractivity (Wildman–Crippen MR) is 80.3 cm³/mol. The molecule has 3 rings (SSSR count). The first kappa shape index (κ1) is 14.2. The van der Waals surface area contributed by atoms with E-state index in [4.69, 9.17) is 0 Å². The summed E-state index contributed by atoms with van der Waals surface area (Å²) in [6.45, 7) is 2.78. The first-order valence-electron chi connectivity index (χ1n) is 7.40. The summed E-state index contributed by atoms with van der Waals surface area (Å²) in [6, 6.07) is 10.3. The number of hydrogen-bond donors (Lipinski definition) is 1. The summed E-state index contributed by atoms with van der Waals surface area (Å²) in [7, 11) is 0. The summed E-state index contributed by atoms with van der Waals surface area (Å²) < 4.78 is 26.3. The summed E-state index contributed by atoms with van der Waals surface area (Å²) in [6.07, 6.45) is 2.82. The molecule has 1 aliphatic rings. The van der Waals surface area contributed by atoms with Gasteiger partial charge in [0.1, 0.15) is 11.6 Å². The quantitative estimate of drug-likeness (QED) is 0.893. The van der Waals surface area contributed by atoms with Crippen molar-refractivity contribution in [1.82, 2.24) is 5.32 Å². The van der Waals surface area contributed by atoms with Gasteiger partial charge < -0.3 is 5.32 Å². The van der Waals surface area contributed by atoms with Crippen LogP contribution in [0, 0.1) is 18.6 Å². The lowest BCUT2D eigenvalue weighted by molar-refractivity contribution is 0.533. The first-order valence-corrected chi connectivity index (χ1v) is 7.40. The van der Waals surface area contributed by atoms with Crippen molar-refractivity contribution in [3.63, 3.8) is 0 Å². The topological polar surface area (TPSA) is 12.0 Å². The second kappa shape index (κ2) is 5.94. The molecule has 0 aromatic heterocycles. The lowest BCUT2D eigenvalue weighted by atomic mass is 10.0. The molecule has 21 heavy (non-hydrogen) atoms. The molecule has 0 radical (unpaired) electrons. The minimum absolute atomic E-state index is 0.156. The maximum absolute atomic E-state index is 13.2. The Morgan fingerprint density at radius 3 is 2.67 bits per heavy atom. The zero-order valence-corrected chi connectivity index (χ0v) is 12.1. The molecule has 1 N–H and O–H groups in total. The molecule has 1 aliphatic carbocycles. The number of rotatable bonds is 4. The molecule has 1 unspecified atom stereocenters. The number of benzene rings is 2. The second-order valence-corrected chi connectivity index (χ2v) is 5.71. The number of nitrogens with one attached hydrogen (secondary N) is 1. The van der Waals surface area contributed by atoms with Crippen molar-refractivity contribution in [3.8, 4) is 0 Å². The molecule has 0 fully saturated rings. The van der Waals surface area contributed by atoms with Gasteiger partial charge in [-0.15, -0.1) is 0 Å². The minimum Gasteiger partial charge on any atom is -0.310 e. The average Bonchev–Trinajstić information content (AvgIpc) is 2.83. The van der Waals surface area contributed by atoms with E-state index in [0.29, 0.717) is 6.04 Å². The fourth-order valence-electron chi connectivity index (χ4n) is 3.12. The summed E-state index contributed by atoms with van der Waals surface area (Å²) in [5, 5.41) is 3.53. The highest BCUT2D eigenvalue weighted by atomic mass is 19.1. The van der Waals surface area contributed by atoms with Gasteiger partial charge in [0, 0.05) is 6.04 Å². The Balaban J connectivity index is 1.60. The molecule has 2 aromatic rings. The third-order valence-corrected chi connectivity index (χ3v) is 4.27. The van der Waals surface area contributed by atoms with Crippen molar-refractivity contribution in [2.45, 2.75) is 32.2 Å². The molecule has 0 heterocycles. The van der Waals surface area contributed by atoms with Gasteiger partial charge in [-0.25, -0.2) is 8.78 Å². The van der Waals surface area contributed by atoms with Crippen LogP contribution in [-0.2, 0) is 12.8 Å². The zero-order chi connectivity index (χ0) is 14.8. The molecule has 0 bridgehead atoms. The fraction of sp³-hybridized carbons (Fsp3) is 0.333. The third kappa shape index (κ3) is 3.13. The van der Waals surface area contributed by atoms with Crippen LogP contribution >= 0.6 is 0 Å². The Morgan fingerprint density at radius 1 is 1.10 bits per heavy atom. The Hall–Kier alpha value is -1.74. The van der Waals surface area contributed by atoms with Crippen molar-refractivity contribution in [1.29, 1.82) is 0 Å². The van der Waals surface area contributed by atoms with Crippen LogP contribution in [0.1, 0.15) is 34.7 Å². The van der Waals surface area contributed by atoms with E-state index in [9.17, 15) is 8.78 Å². The standard InChI is InChI=1S/C18H19F2N/c1-12-10-15(19)4-2-13(12)8-9-21-18-7-3-14-11-16(20)5-6-17(14)18/h2,4-6,10-11,18,21H,3,7-9H2,1H3. The van der Waals surface area contributed by atoms with E-state index in [0.717, 1.165) is 36.9 Å². The van der Waals surface area contributed by atoms with Crippen molar-refractivity contribution in [2.24, 2.45) is 0 Å². The molecule has 3 heteroatoms. The third-order valence-electron chi connectivity index (χ3n) is 4.27. The largest absolute Gasteiger partial charge is 0.310 e. The van der Waals surface area contributed by atoms with Crippen molar-refractivity contribution in [2.75, 3.05) is 6.54 Å². The molecule has 1 nitrogen and oxygen atoms in total. The first-order chi connectivity index (χ1) is 10.1. The van der Waals surface area contributed by atoms with E-state index in [1.54, 1.807) is 12.1 Å². The summed E-state index contributed by atoms with van der Waals surface area (Å²) >= 11 is 0. The van der Waals surface area contributed by atoms with Crippen LogP contribution in [-0.4, -0.2) is 6.54 Å². The van der Waals surface area contributed by atoms with Gasteiger partial charge in [-0.1, -0.05) is 12.1 Å². The SMILES string of the molecule is Cc1cc(F)ccc1CCNC1CCc2cc(F)ccc21. The molecule has 0 saturated heterocycles. The lowest BCUT2D eigenvalue weighted by Crippen LogP contribution is -2.22. The van der Waals surface area contributed by atoms with Crippen LogP contribution in [0.3, 0.4) is 0 Å². The van der Waals surface area contributed by atoms with E-state index >= 15 is 0 Å². The van der Waals surface area contributed by atoms with Crippen LogP contribution in [0.2, 0.25) is 0 Å². The molecule has 1 atom stereocenters. The van der Waals surface area contributed by atoms with E-state index in [2.05, 4.69) is 5.32 Å². The maximum atomic E-state index is 13.2. The highest BCUT2D eigenvalue weighted by Crippen LogP contribution is 2.31.